The van der Waals surface area contributed by atoms with Gasteiger partial charge in [0, 0.05) is 32.7 Å². The Kier molecular flexibility index (Phi) is 5.09. The van der Waals surface area contributed by atoms with Crippen LogP contribution in [0.15, 0.2) is 24.3 Å². The van der Waals surface area contributed by atoms with Gasteiger partial charge < -0.3 is 9.64 Å². The smallest absolute Gasteiger partial charge is 0.341 e. The van der Waals surface area contributed by atoms with Crippen LogP contribution in [-0.2, 0) is 4.74 Å². The maximum atomic E-state index is 13.5. The molecule has 1 aromatic rings. The van der Waals surface area contributed by atoms with Crippen LogP contribution in [0.1, 0.15) is 17.3 Å². The van der Waals surface area contributed by atoms with Crippen molar-refractivity contribution in [2.75, 3.05) is 39.8 Å². The molecule has 110 valence electrons. The van der Waals surface area contributed by atoms with Gasteiger partial charge in [-0.15, -0.1) is 0 Å². The summed E-state index contributed by atoms with van der Waals surface area (Å²) in [5.74, 6) is -1.13. The maximum Gasteiger partial charge on any atom is 0.341 e. The average molecular weight is 280 g/mol. The lowest BCUT2D eigenvalue weighted by Crippen LogP contribution is -2.47. The Morgan fingerprint density at radius 1 is 1.30 bits per heavy atom. The molecule has 1 atom stereocenters. The molecule has 0 bridgehead atoms. The lowest BCUT2D eigenvalue weighted by Gasteiger charge is -2.33. The van der Waals surface area contributed by atoms with E-state index in [4.69, 9.17) is 4.74 Å². The Bertz CT molecular complexity index is 459. The third kappa shape index (κ3) is 4.02. The van der Waals surface area contributed by atoms with E-state index in [1.54, 1.807) is 12.1 Å². The molecule has 1 saturated heterocycles. The van der Waals surface area contributed by atoms with E-state index in [-0.39, 0.29) is 11.7 Å². The fraction of sp³-hybridized carbons (Fsp3) is 0.533. The van der Waals surface area contributed by atoms with Gasteiger partial charge in [-0.25, -0.2) is 9.18 Å². The molecule has 0 saturated carbocycles. The molecule has 20 heavy (non-hydrogen) atoms. The van der Waals surface area contributed by atoms with Crippen LogP contribution in [0.2, 0.25) is 0 Å². The number of likely N-dealkylation sites (N-methyl/N-ethyl adjacent to an activating group) is 1. The van der Waals surface area contributed by atoms with Gasteiger partial charge >= 0.3 is 5.97 Å². The predicted octanol–water partition coefficient (Wildman–Crippen LogP) is 1.62. The molecule has 0 aromatic heterocycles. The van der Waals surface area contributed by atoms with E-state index in [1.807, 2.05) is 6.92 Å². The summed E-state index contributed by atoms with van der Waals surface area (Å²) in [4.78, 5) is 16.4. The number of nitrogens with zero attached hydrogens (tertiary/aromatic N) is 2. The highest BCUT2D eigenvalue weighted by Crippen LogP contribution is 2.10. The molecular weight excluding hydrogens is 259 g/mol. The quantitative estimate of drug-likeness (QED) is 0.785. The van der Waals surface area contributed by atoms with E-state index in [0.717, 1.165) is 26.2 Å². The number of hydrogen-bond acceptors (Lipinski definition) is 4. The van der Waals surface area contributed by atoms with E-state index < -0.39 is 11.8 Å². The Morgan fingerprint density at radius 2 is 1.95 bits per heavy atom. The number of ether oxygens (including phenoxy) is 1. The minimum atomic E-state index is -0.593. The molecule has 0 aliphatic carbocycles. The molecule has 1 aliphatic heterocycles. The molecule has 0 unspecified atom stereocenters. The summed E-state index contributed by atoms with van der Waals surface area (Å²) < 4.78 is 18.8. The van der Waals surface area contributed by atoms with Crippen molar-refractivity contribution in [3.63, 3.8) is 0 Å². The molecule has 1 aromatic carbocycles. The predicted molar refractivity (Wildman–Crippen MR) is 75.2 cm³/mol. The summed E-state index contributed by atoms with van der Waals surface area (Å²) in [6.07, 6.45) is -0.245. The lowest BCUT2D eigenvalue weighted by atomic mass is 10.2. The zero-order chi connectivity index (χ0) is 14.5. The van der Waals surface area contributed by atoms with Gasteiger partial charge in [-0.1, -0.05) is 12.1 Å². The monoisotopic (exact) mass is 280 g/mol. The van der Waals surface area contributed by atoms with Gasteiger partial charge in [-0.05, 0) is 26.1 Å². The normalized spacial score (nSPS) is 18.8. The van der Waals surface area contributed by atoms with E-state index in [2.05, 4.69) is 16.8 Å². The first kappa shape index (κ1) is 14.9. The summed E-state index contributed by atoms with van der Waals surface area (Å²) in [6, 6.07) is 5.90. The van der Waals surface area contributed by atoms with E-state index in [1.165, 1.54) is 12.1 Å². The zero-order valence-electron chi connectivity index (χ0n) is 12.0. The second-order valence-corrected chi connectivity index (χ2v) is 5.30. The van der Waals surface area contributed by atoms with Crippen LogP contribution >= 0.6 is 0 Å². The number of benzene rings is 1. The molecule has 4 nitrogen and oxygen atoms in total. The fourth-order valence-corrected chi connectivity index (χ4v) is 2.30. The van der Waals surface area contributed by atoms with Crippen LogP contribution in [0.5, 0.6) is 0 Å². The van der Waals surface area contributed by atoms with Crippen molar-refractivity contribution in [3.8, 4) is 0 Å². The van der Waals surface area contributed by atoms with Crippen LogP contribution in [0.3, 0.4) is 0 Å². The summed E-state index contributed by atoms with van der Waals surface area (Å²) in [6.45, 7) is 6.52. The minimum Gasteiger partial charge on any atom is -0.458 e. The first-order valence-electron chi connectivity index (χ1n) is 6.92. The number of carbonyl (C=O) groups is 1. The van der Waals surface area contributed by atoms with Crippen molar-refractivity contribution in [1.82, 2.24) is 9.80 Å². The maximum absolute atomic E-state index is 13.5. The van der Waals surface area contributed by atoms with Crippen molar-refractivity contribution in [1.29, 1.82) is 0 Å². The average Bonchev–Trinajstić information content (AvgIpc) is 2.41. The second kappa shape index (κ2) is 6.81. The van der Waals surface area contributed by atoms with E-state index in [9.17, 15) is 9.18 Å². The number of rotatable bonds is 4. The SMILES string of the molecule is C[C@@H](CN1CCN(C)CC1)OC(=O)c1ccccc1F. The van der Waals surface area contributed by atoms with Crippen molar-refractivity contribution < 1.29 is 13.9 Å². The molecule has 2 rings (SSSR count). The van der Waals surface area contributed by atoms with Crippen molar-refractivity contribution >= 4 is 5.97 Å². The molecule has 0 radical (unpaired) electrons. The first-order valence-corrected chi connectivity index (χ1v) is 6.92. The summed E-state index contributed by atoms with van der Waals surface area (Å²) in [5.41, 5.74) is -0.00210. The zero-order valence-corrected chi connectivity index (χ0v) is 12.0. The molecule has 1 fully saturated rings. The molecule has 0 spiro atoms. The van der Waals surface area contributed by atoms with Crippen LogP contribution in [0, 0.1) is 5.82 Å². The number of piperazine rings is 1. The largest absolute Gasteiger partial charge is 0.458 e. The van der Waals surface area contributed by atoms with E-state index >= 15 is 0 Å². The van der Waals surface area contributed by atoms with Crippen LogP contribution < -0.4 is 0 Å². The van der Waals surface area contributed by atoms with Crippen LogP contribution in [0.4, 0.5) is 4.39 Å². The molecule has 1 heterocycles. The third-order valence-corrected chi connectivity index (χ3v) is 3.51. The Labute approximate surface area is 119 Å². The first-order chi connectivity index (χ1) is 9.56. The molecule has 5 heteroatoms. The number of carbonyl (C=O) groups excluding carboxylic acids is 1. The minimum absolute atomic E-state index is 0.00210. The number of hydrogen-bond donors (Lipinski definition) is 0. The molecule has 0 amide bonds. The van der Waals surface area contributed by atoms with Gasteiger partial charge in [-0.2, -0.15) is 0 Å². The molecular formula is C15H21FN2O2. The summed E-state index contributed by atoms with van der Waals surface area (Å²) >= 11 is 0. The van der Waals surface area contributed by atoms with Gasteiger partial charge in [0.1, 0.15) is 11.9 Å². The van der Waals surface area contributed by atoms with Crippen molar-refractivity contribution in [3.05, 3.63) is 35.6 Å². The lowest BCUT2D eigenvalue weighted by molar-refractivity contribution is 0.0203. The highest BCUT2D eigenvalue weighted by molar-refractivity contribution is 5.89. The fourth-order valence-electron chi connectivity index (χ4n) is 2.30. The van der Waals surface area contributed by atoms with Gasteiger partial charge in [0.25, 0.3) is 0 Å². The third-order valence-electron chi connectivity index (χ3n) is 3.51. The molecule has 0 N–H and O–H groups in total. The van der Waals surface area contributed by atoms with Gasteiger partial charge in [0.2, 0.25) is 0 Å². The number of esters is 1. The second-order valence-electron chi connectivity index (χ2n) is 5.30. The Hall–Kier alpha value is -1.46. The van der Waals surface area contributed by atoms with Gasteiger partial charge in [0.15, 0.2) is 0 Å². The highest BCUT2D eigenvalue weighted by Gasteiger charge is 2.20. The summed E-state index contributed by atoms with van der Waals surface area (Å²) in [7, 11) is 2.10. The Morgan fingerprint density at radius 3 is 2.60 bits per heavy atom. The van der Waals surface area contributed by atoms with Crippen molar-refractivity contribution in [2.24, 2.45) is 0 Å². The highest BCUT2D eigenvalue weighted by atomic mass is 19.1. The van der Waals surface area contributed by atoms with Crippen LogP contribution in [0.25, 0.3) is 0 Å². The molecule has 1 aliphatic rings. The van der Waals surface area contributed by atoms with Crippen LogP contribution in [-0.4, -0.2) is 61.6 Å². The van der Waals surface area contributed by atoms with Gasteiger partial charge in [-0.3, -0.25) is 4.90 Å². The van der Waals surface area contributed by atoms with Crippen molar-refractivity contribution in [2.45, 2.75) is 13.0 Å². The number of halogens is 1. The topological polar surface area (TPSA) is 32.8 Å². The standard InChI is InChI=1S/C15H21FN2O2/c1-12(11-18-9-7-17(2)8-10-18)20-15(19)13-5-3-4-6-14(13)16/h3-6,12H,7-11H2,1-2H3/t12-/m0/s1. The Balaban J connectivity index is 1.84. The summed E-state index contributed by atoms with van der Waals surface area (Å²) in [5, 5.41) is 0. The van der Waals surface area contributed by atoms with Gasteiger partial charge in [0.05, 0.1) is 5.56 Å². The van der Waals surface area contributed by atoms with E-state index in [0.29, 0.717) is 6.54 Å².